The number of piperazine rings is 1. The number of amides is 2. The number of hydrogen-bond donors (Lipinski definition) is 8. The van der Waals surface area contributed by atoms with Crippen molar-refractivity contribution in [2.45, 2.75) is 59.7 Å². The van der Waals surface area contributed by atoms with E-state index >= 15 is 0 Å². The number of piperidine rings is 1. The molecule has 43 heteroatoms. The van der Waals surface area contributed by atoms with Crippen LogP contribution < -0.4 is 42.5 Å². The summed E-state index contributed by atoms with van der Waals surface area (Å²) in [6, 6.07) is 49.4. The summed E-state index contributed by atoms with van der Waals surface area (Å²) in [7, 11) is 3.42. The Balaban J connectivity index is 0.000000133. The van der Waals surface area contributed by atoms with E-state index in [-0.39, 0.29) is 44.0 Å². The molecule has 0 atom stereocenters. The van der Waals surface area contributed by atoms with Crippen molar-refractivity contribution in [1.29, 1.82) is 0 Å². The minimum absolute atomic E-state index is 0.0190. The van der Waals surface area contributed by atoms with E-state index in [9.17, 15) is 31.9 Å². The summed E-state index contributed by atoms with van der Waals surface area (Å²) >= 11 is 29.2. The van der Waals surface area contributed by atoms with Crippen molar-refractivity contribution < 1.29 is 41.4 Å². The Labute approximate surface area is 818 Å². The van der Waals surface area contributed by atoms with Crippen LogP contribution in [0, 0.1) is 29.2 Å². The fourth-order valence-corrected chi connectivity index (χ4v) is 18.6. The van der Waals surface area contributed by atoms with E-state index in [2.05, 4.69) is 165 Å². The fraction of sp³-hybridized carbons (Fsp3) is 0.213. The molecule has 9 aromatic heterocycles. The number of thiazole rings is 4. The van der Waals surface area contributed by atoms with Gasteiger partial charge in [0.25, 0.3) is 5.91 Å². The Hall–Kier alpha value is -13.7. The van der Waals surface area contributed by atoms with Gasteiger partial charge in [0.1, 0.15) is 73.2 Å². The van der Waals surface area contributed by atoms with Gasteiger partial charge in [0, 0.05) is 130 Å². The highest BCUT2D eigenvalue weighted by Gasteiger charge is 2.28. The molecular weight excluding hydrogens is 1920 g/mol. The van der Waals surface area contributed by atoms with Crippen LogP contribution in [0.3, 0.4) is 0 Å². The van der Waals surface area contributed by atoms with Gasteiger partial charge < -0.3 is 66.4 Å². The molecule has 0 spiro atoms. The first kappa shape index (κ1) is 96.4. The summed E-state index contributed by atoms with van der Waals surface area (Å²) in [5, 5.41) is 28.6. The summed E-state index contributed by atoms with van der Waals surface area (Å²) in [6.45, 7) is 13.8. The summed E-state index contributed by atoms with van der Waals surface area (Å²) in [5.74, 6) is 1.30. The Morgan fingerprint density at radius 2 is 0.715 bits per heavy atom. The van der Waals surface area contributed by atoms with Crippen molar-refractivity contribution in [3.8, 4) is 0 Å². The molecule has 2 saturated heterocycles. The fourth-order valence-electron chi connectivity index (χ4n) is 14.4. The van der Waals surface area contributed by atoms with E-state index in [1.165, 1.54) is 141 Å². The van der Waals surface area contributed by atoms with E-state index in [0.29, 0.717) is 121 Å². The number of halogens is 8. The lowest BCUT2D eigenvalue weighted by atomic mass is 9.96. The number of esters is 1. The highest BCUT2D eigenvalue weighted by Crippen LogP contribution is 2.40. The van der Waals surface area contributed by atoms with E-state index in [0.717, 1.165) is 112 Å². The van der Waals surface area contributed by atoms with E-state index < -0.39 is 23.3 Å². The number of fused-ring (bicyclic) bond motifs is 4. The predicted molar refractivity (Wildman–Crippen MR) is 536 cm³/mol. The summed E-state index contributed by atoms with van der Waals surface area (Å²) in [6.07, 6.45) is 11.9. The van der Waals surface area contributed by atoms with Gasteiger partial charge in [-0.1, -0.05) is 135 Å². The van der Waals surface area contributed by atoms with Crippen LogP contribution in [0.4, 0.5) is 112 Å². The average molecular weight is 2010 g/mol. The molecule has 2 aliphatic rings. The first-order valence-electron chi connectivity index (χ1n) is 43.0. The minimum Gasteiger partial charge on any atom is -0.466 e. The number of nitrogens with zero attached hydrogens (tertiary/aromatic N) is 18. The second-order valence-electron chi connectivity index (χ2n) is 31.0. The topological polar surface area (TPSA) is 351 Å². The molecule has 8 N–H and O–H groups in total. The van der Waals surface area contributed by atoms with Gasteiger partial charge in [-0.05, 0) is 190 Å². The number of rotatable bonds is 27. The van der Waals surface area contributed by atoms with Crippen LogP contribution in [0.1, 0.15) is 66.5 Å². The maximum absolute atomic E-state index is 13.5. The van der Waals surface area contributed by atoms with Gasteiger partial charge in [-0.25, -0.2) is 67.2 Å². The molecule has 0 radical (unpaired) electrons. The van der Waals surface area contributed by atoms with Crippen LogP contribution in [0.25, 0.3) is 41.4 Å². The molecule has 0 bridgehead atoms. The number of aryl methyl sites for hydroxylation is 1. The highest BCUT2D eigenvalue weighted by molar-refractivity contribution is 7.24. The van der Waals surface area contributed by atoms with Crippen molar-refractivity contribution >= 4 is 240 Å². The number of carbonyl (C=O) groups excluding carboxylic acids is 3. The SMILES string of the molecule is CCOC(=O)C1CCN(Cc2ccc(Nc3nc4ncnc(Nc5ccc(F)c(Cl)c5)c4s3)cc2)CC1.CCOC(=O)N1CCN(Cc2ccc(Nc3nc4ncnc(Nc5ccc(F)c(Cl)c5)c4s3)cc2)CC1.CCc1nccn1Cc1ccc(Nc2nc3ncnc(Nc4ccc(F)c(Cl)c4)c3s2)cc1.CN(C)C(=O)c1ccc(Nc2nc3ncnc(Nc4ccc(F)c(Cl)c4)c3s2)cc1. The molecule has 2 amide bonds. The summed E-state index contributed by atoms with van der Waals surface area (Å²) in [4.78, 5) is 101. The standard InChI is InChI=1S/C26H26ClFN6O2S.C25H25ClFN7O2S.C23H19ClFN7S.C20H16ClFN6OS/c1-2-36-25(35)17-9-11-34(12-10-17)14-16-3-5-18(6-4-16)32-26-33-24-22(37-26)23(29-15-30-24)31-19-7-8-21(28)20(27)13-19;1-2-36-25(35)34-11-9-33(10-12-34)14-16-3-5-17(6-4-16)31-24-32-23-21(37-24)22(28-15-29-23)30-18-7-8-20(27)19(26)13-18;1-2-19-26-9-10-32(19)12-14-3-5-15(6-4-14)30-23-31-22-20(33-23)21(27-13-28-22)29-16-7-8-18(25)17(24)11-16;1-28(2)19(29)11-3-5-12(6-4-11)26-20-27-18-16(30-20)17(23-10-24-18)25-13-7-8-15(22)14(21)9-13/h3-8,13,15,17H,2,9-12,14H2,1H3,(H2,29,30,31,32,33);3-8,13,15H,2,9-12,14H2,1H3,(H2,28,29,30,31,32);3-11,13H,2,12H2,1H3,(H2,27,28,29,30,31);3-10H,1-2H3,(H2,23,24,25,26,27). The van der Waals surface area contributed by atoms with Crippen LogP contribution >= 0.6 is 91.8 Å². The molecule has 0 saturated carbocycles. The van der Waals surface area contributed by atoms with Gasteiger partial charge in [0.05, 0.1) is 39.2 Å². The lowest BCUT2D eigenvalue weighted by Gasteiger charge is -2.34. The number of likely N-dealkylation sites (tertiary alicyclic amines) is 1. The van der Waals surface area contributed by atoms with Gasteiger partial charge in [0.15, 0.2) is 66.4 Å². The molecule has 0 unspecified atom stereocenters. The van der Waals surface area contributed by atoms with Crippen LogP contribution in [-0.2, 0) is 40.3 Å². The van der Waals surface area contributed by atoms with Crippen LogP contribution in [-0.4, -0.2) is 174 Å². The molecule has 31 nitrogen and oxygen atoms in total. The second-order valence-corrected chi connectivity index (χ2v) is 36.7. The molecule has 2 aliphatic heterocycles. The van der Waals surface area contributed by atoms with Crippen LogP contribution in [0.5, 0.6) is 0 Å². The van der Waals surface area contributed by atoms with Gasteiger partial charge in [-0.3, -0.25) is 19.4 Å². The van der Waals surface area contributed by atoms with Crippen molar-refractivity contribution in [2.75, 3.05) is 109 Å². The normalized spacial score (nSPS) is 12.8. The van der Waals surface area contributed by atoms with Gasteiger partial charge in [-0.2, -0.15) is 19.9 Å². The number of benzene rings is 8. The summed E-state index contributed by atoms with van der Waals surface area (Å²) < 4.78 is 69.3. The average Bonchev–Trinajstić information content (AvgIpc) is 1.67. The number of hydrogen-bond acceptors (Lipinski definition) is 32. The Bertz CT molecular complexity index is 6890. The monoisotopic (exact) mass is 2000 g/mol. The smallest absolute Gasteiger partial charge is 0.409 e. The molecular formula is C94H86Cl4F4N26O5S4. The zero-order valence-electron chi connectivity index (χ0n) is 73.9. The van der Waals surface area contributed by atoms with E-state index in [4.69, 9.17) is 55.9 Å². The van der Waals surface area contributed by atoms with Gasteiger partial charge in [0.2, 0.25) is 0 Å². The molecule has 11 heterocycles. The molecule has 8 aromatic carbocycles. The molecule has 2 fully saturated rings. The Kier molecular flexibility index (Phi) is 31.9. The number of nitrogens with one attached hydrogen (secondary N) is 8. The molecule has 17 aromatic rings. The Morgan fingerprint density at radius 1 is 0.394 bits per heavy atom. The van der Waals surface area contributed by atoms with Crippen LogP contribution in [0.15, 0.2) is 208 Å². The van der Waals surface area contributed by atoms with Crippen LogP contribution in [0.2, 0.25) is 20.1 Å². The zero-order chi connectivity index (χ0) is 95.6. The number of imidazole rings is 1. The van der Waals surface area contributed by atoms with Crippen molar-refractivity contribution in [3.05, 3.63) is 279 Å². The lowest BCUT2D eigenvalue weighted by molar-refractivity contribution is -0.149. The third kappa shape index (κ3) is 25.3. The van der Waals surface area contributed by atoms with Gasteiger partial charge in [-0.15, -0.1) is 0 Å². The lowest BCUT2D eigenvalue weighted by Crippen LogP contribution is -2.48. The van der Waals surface area contributed by atoms with Crippen molar-refractivity contribution in [2.24, 2.45) is 5.92 Å². The van der Waals surface area contributed by atoms with E-state index in [1.54, 1.807) is 55.4 Å². The molecule has 702 valence electrons. The number of carbonyl (C=O) groups is 3. The highest BCUT2D eigenvalue weighted by atomic mass is 35.5. The molecule has 0 aliphatic carbocycles. The third-order valence-electron chi connectivity index (χ3n) is 21.3. The second kappa shape index (κ2) is 45.3. The van der Waals surface area contributed by atoms with E-state index in [1.807, 2.05) is 74.8 Å². The first-order valence-corrected chi connectivity index (χ1v) is 47.8. The van der Waals surface area contributed by atoms with Crippen molar-refractivity contribution in [1.82, 2.24) is 89.0 Å². The number of aromatic nitrogens is 14. The molecule has 137 heavy (non-hydrogen) atoms. The first-order chi connectivity index (χ1) is 66.4. The predicted octanol–water partition coefficient (Wildman–Crippen LogP) is 23.0. The maximum atomic E-state index is 13.5. The largest absolute Gasteiger partial charge is 0.466 e. The Morgan fingerprint density at radius 3 is 1.04 bits per heavy atom. The number of anilines is 16. The number of ether oxygens (including phenoxy) is 2. The van der Waals surface area contributed by atoms with Crippen molar-refractivity contribution in [3.63, 3.8) is 0 Å². The summed E-state index contributed by atoms with van der Waals surface area (Å²) in [5.41, 5.74) is 12.4. The zero-order valence-corrected chi connectivity index (χ0v) is 80.1. The molecule has 19 rings (SSSR count). The maximum Gasteiger partial charge on any atom is 0.409 e. The minimum atomic E-state index is -0.488. The third-order valence-corrected chi connectivity index (χ3v) is 26.3. The van der Waals surface area contributed by atoms with Gasteiger partial charge >= 0.3 is 12.1 Å². The quantitative estimate of drug-likeness (QED) is 0.0175.